The summed E-state index contributed by atoms with van der Waals surface area (Å²) in [6.45, 7) is 0. The van der Waals surface area contributed by atoms with E-state index in [0.717, 1.165) is 5.56 Å². The summed E-state index contributed by atoms with van der Waals surface area (Å²) in [6.07, 6.45) is 8.91. The highest BCUT2D eigenvalue weighted by Gasteiger charge is 2.00. The molecular formula is C16H12. The molecule has 0 aliphatic heterocycles. The Labute approximate surface area is 96.3 Å². The van der Waals surface area contributed by atoms with Crippen molar-refractivity contribution >= 4 is 6.08 Å². The van der Waals surface area contributed by atoms with E-state index in [0.29, 0.717) is 0 Å². The van der Waals surface area contributed by atoms with Crippen LogP contribution >= 0.6 is 0 Å². The van der Waals surface area contributed by atoms with Crippen molar-refractivity contribution in [2.24, 2.45) is 0 Å². The Kier molecular flexibility index (Phi) is 3.21. The molecule has 76 valence electrons. The second kappa shape index (κ2) is 5.00. The lowest BCUT2D eigenvalue weighted by Gasteiger charge is -2.05. The maximum Gasteiger partial charge on any atom is -0.0111 e. The minimum absolute atomic E-state index is 1.15. The van der Waals surface area contributed by atoms with E-state index >= 15 is 0 Å². The van der Waals surface area contributed by atoms with Crippen LogP contribution in [0.2, 0.25) is 0 Å². The average Bonchev–Trinajstić information content (AvgIpc) is 2.38. The molecule has 2 aromatic carbocycles. The summed E-state index contributed by atoms with van der Waals surface area (Å²) in [7, 11) is 0. The van der Waals surface area contributed by atoms with E-state index in [9.17, 15) is 0 Å². The van der Waals surface area contributed by atoms with Crippen molar-refractivity contribution < 1.29 is 0 Å². The van der Waals surface area contributed by atoms with Crippen LogP contribution in [0.1, 0.15) is 5.56 Å². The largest absolute Gasteiger partial charge is 0.115 e. The van der Waals surface area contributed by atoms with Crippen LogP contribution in [0.3, 0.4) is 0 Å². The molecule has 0 heterocycles. The van der Waals surface area contributed by atoms with Gasteiger partial charge in [0.25, 0.3) is 0 Å². The molecule has 0 bridgehead atoms. The summed E-state index contributed by atoms with van der Waals surface area (Å²) in [5, 5.41) is 0. The summed E-state index contributed by atoms with van der Waals surface area (Å²) in [5.41, 5.74) is 3.56. The van der Waals surface area contributed by atoms with Crippen LogP contribution in [0.15, 0.2) is 60.7 Å². The molecule has 0 spiro atoms. The van der Waals surface area contributed by atoms with Crippen LogP contribution in [0.5, 0.6) is 0 Å². The maximum atomic E-state index is 5.23. The standard InChI is InChI=1S/C16H12/c1-2-3-9-14-12-7-8-13-16(14)15-10-5-4-6-11-15/h1,3-13H. The Morgan fingerprint density at radius 1 is 0.875 bits per heavy atom. The first-order chi connectivity index (χ1) is 7.92. The number of benzene rings is 2. The zero-order valence-corrected chi connectivity index (χ0v) is 8.93. The topological polar surface area (TPSA) is 0 Å². The summed E-state index contributed by atoms with van der Waals surface area (Å²) in [5.74, 6) is 2.51. The fourth-order valence-corrected chi connectivity index (χ4v) is 1.66. The van der Waals surface area contributed by atoms with Gasteiger partial charge in [0.05, 0.1) is 0 Å². The molecule has 0 atom stereocenters. The van der Waals surface area contributed by atoms with Crippen molar-refractivity contribution in [2.45, 2.75) is 0 Å². The van der Waals surface area contributed by atoms with E-state index in [4.69, 9.17) is 6.42 Å². The van der Waals surface area contributed by atoms with Gasteiger partial charge in [-0.3, -0.25) is 0 Å². The van der Waals surface area contributed by atoms with Gasteiger partial charge in [0, 0.05) is 0 Å². The van der Waals surface area contributed by atoms with Gasteiger partial charge in [-0.1, -0.05) is 60.5 Å². The van der Waals surface area contributed by atoms with Gasteiger partial charge in [0.15, 0.2) is 0 Å². The average molecular weight is 204 g/mol. The van der Waals surface area contributed by atoms with Gasteiger partial charge in [-0.15, -0.1) is 6.42 Å². The van der Waals surface area contributed by atoms with E-state index < -0.39 is 0 Å². The monoisotopic (exact) mass is 204 g/mol. The lowest BCUT2D eigenvalue weighted by atomic mass is 9.99. The highest BCUT2D eigenvalue weighted by atomic mass is 14.0. The second-order valence-electron chi connectivity index (χ2n) is 3.45. The second-order valence-corrected chi connectivity index (χ2v) is 3.45. The number of hydrogen-bond donors (Lipinski definition) is 0. The third-order valence-electron chi connectivity index (χ3n) is 2.40. The molecule has 0 unspecified atom stereocenters. The first kappa shape index (κ1) is 10.3. The highest BCUT2D eigenvalue weighted by Crippen LogP contribution is 2.24. The fourth-order valence-electron chi connectivity index (χ4n) is 1.66. The third kappa shape index (κ3) is 2.21. The van der Waals surface area contributed by atoms with Gasteiger partial charge >= 0.3 is 0 Å². The van der Waals surface area contributed by atoms with E-state index in [1.165, 1.54) is 11.1 Å². The summed E-state index contributed by atoms with van der Waals surface area (Å²) in [4.78, 5) is 0. The van der Waals surface area contributed by atoms with Gasteiger partial charge < -0.3 is 0 Å². The molecule has 0 amide bonds. The zero-order valence-electron chi connectivity index (χ0n) is 8.93. The minimum atomic E-state index is 1.15. The molecule has 0 heteroatoms. The predicted molar refractivity (Wildman–Crippen MR) is 69.7 cm³/mol. The van der Waals surface area contributed by atoms with E-state index in [1.807, 2.05) is 36.4 Å². The maximum absolute atomic E-state index is 5.23. The molecule has 0 aromatic heterocycles. The van der Waals surface area contributed by atoms with Crippen molar-refractivity contribution in [1.82, 2.24) is 0 Å². The van der Waals surface area contributed by atoms with Crippen LogP contribution in [0, 0.1) is 12.3 Å². The van der Waals surface area contributed by atoms with Crippen LogP contribution in [0.4, 0.5) is 0 Å². The Morgan fingerprint density at radius 2 is 1.56 bits per heavy atom. The summed E-state index contributed by atoms with van der Waals surface area (Å²) in [6, 6.07) is 18.5. The molecule has 0 nitrogen and oxygen atoms in total. The number of allylic oxidation sites excluding steroid dienone is 1. The molecule has 0 radical (unpaired) electrons. The van der Waals surface area contributed by atoms with Gasteiger partial charge in [-0.25, -0.2) is 0 Å². The zero-order chi connectivity index (χ0) is 11.2. The van der Waals surface area contributed by atoms with Crippen molar-refractivity contribution in [2.75, 3.05) is 0 Å². The Bertz CT molecular complexity index is 527. The smallest absolute Gasteiger partial charge is 0.0111 e. The Hall–Kier alpha value is -2.26. The minimum Gasteiger partial charge on any atom is -0.115 e. The number of hydrogen-bond acceptors (Lipinski definition) is 0. The molecular weight excluding hydrogens is 192 g/mol. The van der Waals surface area contributed by atoms with Crippen molar-refractivity contribution in [1.29, 1.82) is 0 Å². The Morgan fingerprint density at radius 3 is 2.31 bits per heavy atom. The Balaban J connectivity index is 2.50. The number of rotatable bonds is 2. The first-order valence-corrected chi connectivity index (χ1v) is 5.19. The number of terminal acetylenes is 1. The molecule has 0 aliphatic carbocycles. The van der Waals surface area contributed by atoms with E-state index in [1.54, 1.807) is 6.08 Å². The SMILES string of the molecule is C#CC=Cc1ccccc1-c1ccccc1. The molecule has 0 N–H and O–H groups in total. The van der Waals surface area contributed by atoms with Crippen LogP contribution in [-0.4, -0.2) is 0 Å². The predicted octanol–water partition coefficient (Wildman–Crippen LogP) is 4.00. The lowest BCUT2D eigenvalue weighted by molar-refractivity contribution is 1.59. The third-order valence-corrected chi connectivity index (χ3v) is 2.40. The molecule has 0 fully saturated rings. The van der Waals surface area contributed by atoms with Crippen LogP contribution in [0.25, 0.3) is 17.2 Å². The van der Waals surface area contributed by atoms with E-state index in [-0.39, 0.29) is 0 Å². The van der Waals surface area contributed by atoms with Crippen molar-refractivity contribution in [3.63, 3.8) is 0 Å². The molecule has 16 heavy (non-hydrogen) atoms. The molecule has 0 saturated heterocycles. The van der Waals surface area contributed by atoms with Gasteiger partial charge in [-0.05, 0) is 28.8 Å². The quantitative estimate of drug-likeness (QED) is 0.648. The highest BCUT2D eigenvalue weighted by molar-refractivity contribution is 5.75. The fraction of sp³-hybridized carbons (Fsp3) is 0. The van der Waals surface area contributed by atoms with Crippen molar-refractivity contribution in [3.05, 3.63) is 66.2 Å². The van der Waals surface area contributed by atoms with E-state index in [2.05, 4.69) is 30.2 Å². The lowest BCUT2D eigenvalue weighted by Crippen LogP contribution is -1.81. The van der Waals surface area contributed by atoms with Crippen molar-refractivity contribution in [3.8, 4) is 23.5 Å². The molecule has 0 saturated carbocycles. The summed E-state index contributed by atoms with van der Waals surface area (Å²) < 4.78 is 0. The summed E-state index contributed by atoms with van der Waals surface area (Å²) >= 11 is 0. The van der Waals surface area contributed by atoms with Crippen LogP contribution in [-0.2, 0) is 0 Å². The normalized spacial score (nSPS) is 10.2. The molecule has 2 rings (SSSR count). The van der Waals surface area contributed by atoms with Gasteiger partial charge in [-0.2, -0.15) is 0 Å². The first-order valence-electron chi connectivity index (χ1n) is 5.19. The van der Waals surface area contributed by atoms with Gasteiger partial charge in [0.1, 0.15) is 0 Å². The van der Waals surface area contributed by atoms with Crippen LogP contribution < -0.4 is 0 Å². The van der Waals surface area contributed by atoms with Gasteiger partial charge in [0.2, 0.25) is 0 Å². The molecule has 2 aromatic rings. The molecule has 0 aliphatic rings.